The third-order valence-corrected chi connectivity index (χ3v) is 4.85. The van der Waals surface area contributed by atoms with Crippen molar-refractivity contribution in [2.75, 3.05) is 18.9 Å². The van der Waals surface area contributed by atoms with Crippen LogP contribution in [0.5, 0.6) is 0 Å². The normalized spacial score (nSPS) is 12.6. The minimum atomic E-state index is -3.15. The Labute approximate surface area is 106 Å². The van der Waals surface area contributed by atoms with Gasteiger partial charge in [-0.05, 0) is 33.1 Å². The molecule has 0 aromatic heterocycles. The monoisotopic (exact) mass is 265 g/mol. The maximum Gasteiger partial charge on any atom is 0.214 e. The van der Waals surface area contributed by atoms with Crippen LogP contribution in [-0.4, -0.2) is 42.8 Å². The molecular formula is C12H27NO3S. The van der Waals surface area contributed by atoms with Crippen LogP contribution in [0.3, 0.4) is 0 Å². The minimum absolute atomic E-state index is 0.0194. The lowest BCUT2D eigenvalue weighted by Gasteiger charge is -2.25. The predicted octanol–water partition coefficient (Wildman–Crippen LogP) is 1.99. The van der Waals surface area contributed by atoms with Gasteiger partial charge in [0.1, 0.15) is 0 Å². The van der Waals surface area contributed by atoms with Crippen molar-refractivity contribution in [2.24, 2.45) is 0 Å². The molecule has 0 spiro atoms. The highest BCUT2D eigenvalue weighted by molar-refractivity contribution is 7.89. The van der Waals surface area contributed by atoms with Crippen molar-refractivity contribution < 1.29 is 13.5 Å². The summed E-state index contributed by atoms with van der Waals surface area (Å²) in [4.78, 5) is 0. The molecule has 0 heterocycles. The van der Waals surface area contributed by atoms with E-state index in [0.717, 1.165) is 19.3 Å². The zero-order valence-corrected chi connectivity index (χ0v) is 12.2. The number of aliphatic hydroxyl groups is 1. The molecule has 0 aromatic carbocycles. The van der Waals surface area contributed by atoms with Gasteiger partial charge in [-0.2, -0.15) is 4.31 Å². The first-order chi connectivity index (χ1) is 7.95. The van der Waals surface area contributed by atoms with Crippen molar-refractivity contribution in [3.8, 4) is 0 Å². The van der Waals surface area contributed by atoms with E-state index in [1.54, 1.807) is 4.31 Å². The van der Waals surface area contributed by atoms with Crippen LogP contribution in [0.4, 0.5) is 0 Å². The van der Waals surface area contributed by atoms with Gasteiger partial charge in [-0.1, -0.05) is 19.8 Å². The lowest BCUT2D eigenvalue weighted by Crippen LogP contribution is -2.39. The van der Waals surface area contributed by atoms with Gasteiger partial charge in [-0.25, -0.2) is 8.42 Å². The molecule has 0 unspecified atom stereocenters. The maximum absolute atomic E-state index is 12.1. The Bertz CT molecular complexity index is 275. The number of rotatable bonds is 10. The van der Waals surface area contributed by atoms with Gasteiger partial charge in [0.15, 0.2) is 0 Å². The highest BCUT2D eigenvalue weighted by atomic mass is 32.2. The van der Waals surface area contributed by atoms with E-state index in [4.69, 9.17) is 5.11 Å². The van der Waals surface area contributed by atoms with Gasteiger partial charge < -0.3 is 5.11 Å². The Morgan fingerprint density at radius 3 is 2.24 bits per heavy atom. The summed E-state index contributed by atoms with van der Waals surface area (Å²) in [5.74, 6) is 0.151. The summed E-state index contributed by atoms with van der Waals surface area (Å²) in [6.45, 7) is 6.61. The lowest BCUT2D eigenvalue weighted by atomic mass is 10.2. The molecule has 0 fully saturated rings. The van der Waals surface area contributed by atoms with Crippen LogP contribution in [0.1, 0.15) is 52.9 Å². The second kappa shape index (κ2) is 8.89. The SMILES string of the molecule is CCCCCN(C(C)C)S(=O)(=O)CCCCO. The standard InChI is InChI=1S/C12H27NO3S/c1-4-5-6-9-13(12(2)3)17(15,16)11-8-7-10-14/h12,14H,4-11H2,1-3H3. The van der Waals surface area contributed by atoms with E-state index >= 15 is 0 Å². The van der Waals surface area contributed by atoms with Crippen molar-refractivity contribution >= 4 is 10.0 Å². The maximum atomic E-state index is 12.1. The summed E-state index contributed by atoms with van der Waals surface area (Å²) in [6.07, 6.45) is 4.18. The first-order valence-electron chi connectivity index (χ1n) is 6.56. The van der Waals surface area contributed by atoms with Crippen LogP contribution in [0.25, 0.3) is 0 Å². The molecule has 0 amide bonds. The molecule has 5 heteroatoms. The van der Waals surface area contributed by atoms with Crippen molar-refractivity contribution in [2.45, 2.75) is 58.9 Å². The van der Waals surface area contributed by atoms with Crippen LogP contribution >= 0.6 is 0 Å². The van der Waals surface area contributed by atoms with Crippen LogP contribution in [0.15, 0.2) is 0 Å². The van der Waals surface area contributed by atoms with Crippen LogP contribution in [0, 0.1) is 0 Å². The van der Waals surface area contributed by atoms with Gasteiger partial charge in [0.2, 0.25) is 10.0 Å². The molecule has 0 saturated carbocycles. The predicted molar refractivity (Wildman–Crippen MR) is 71.5 cm³/mol. The third-order valence-electron chi connectivity index (χ3n) is 2.73. The van der Waals surface area contributed by atoms with E-state index in [9.17, 15) is 8.42 Å². The fourth-order valence-electron chi connectivity index (χ4n) is 1.75. The molecule has 0 radical (unpaired) electrons. The first kappa shape index (κ1) is 16.9. The Kier molecular flexibility index (Phi) is 8.82. The summed E-state index contributed by atoms with van der Waals surface area (Å²) in [6, 6.07) is 0.0194. The molecule has 0 aliphatic heterocycles. The Hall–Kier alpha value is -0.130. The summed E-state index contributed by atoms with van der Waals surface area (Å²) in [7, 11) is -3.15. The number of sulfonamides is 1. The zero-order valence-electron chi connectivity index (χ0n) is 11.4. The third kappa shape index (κ3) is 7.01. The smallest absolute Gasteiger partial charge is 0.214 e. The van der Waals surface area contributed by atoms with Gasteiger partial charge >= 0.3 is 0 Å². The molecule has 0 saturated heterocycles. The number of aliphatic hydroxyl groups excluding tert-OH is 1. The summed E-state index contributed by atoms with van der Waals surface area (Å²) in [5, 5.41) is 8.68. The van der Waals surface area contributed by atoms with E-state index in [0.29, 0.717) is 19.4 Å². The second-order valence-corrected chi connectivity index (χ2v) is 6.70. The van der Waals surface area contributed by atoms with Gasteiger partial charge in [0.25, 0.3) is 0 Å². The quantitative estimate of drug-likeness (QED) is 0.615. The number of unbranched alkanes of at least 4 members (excludes halogenated alkanes) is 3. The van der Waals surface area contributed by atoms with Crippen LogP contribution in [-0.2, 0) is 10.0 Å². The average molecular weight is 265 g/mol. The lowest BCUT2D eigenvalue weighted by molar-refractivity contribution is 0.286. The molecule has 0 aromatic rings. The Morgan fingerprint density at radius 1 is 1.12 bits per heavy atom. The number of nitrogens with zero attached hydrogens (tertiary/aromatic N) is 1. The summed E-state index contributed by atoms with van der Waals surface area (Å²) in [5.41, 5.74) is 0. The largest absolute Gasteiger partial charge is 0.396 e. The molecule has 0 atom stereocenters. The number of hydrogen-bond acceptors (Lipinski definition) is 3. The van der Waals surface area contributed by atoms with E-state index in [1.165, 1.54) is 0 Å². The van der Waals surface area contributed by atoms with E-state index in [1.807, 2.05) is 13.8 Å². The fourth-order valence-corrected chi connectivity index (χ4v) is 3.60. The topological polar surface area (TPSA) is 57.6 Å². The first-order valence-corrected chi connectivity index (χ1v) is 8.17. The molecule has 4 nitrogen and oxygen atoms in total. The van der Waals surface area contributed by atoms with Crippen molar-refractivity contribution in [1.29, 1.82) is 0 Å². The minimum Gasteiger partial charge on any atom is -0.396 e. The fraction of sp³-hybridized carbons (Fsp3) is 1.00. The molecule has 0 bridgehead atoms. The van der Waals surface area contributed by atoms with Crippen LogP contribution < -0.4 is 0 Å². The summed E-state index contributed by atoms with van der Waals surface area (Å²) >= 11 is 0. The average Bonchev–Trinajstić information content (AvgIpc) is 2.23. The van der Waals surface area contributed by atoms with Crippen molar-refractivity contribution in [3.63, 3.8) is 0 Å². The molecule has 0 aliphatic carbocycles. The van der Waals surface area contributed by atoms with Crippen molar-refractivity contribution in [3.05, 3.63) is 0 Å². The summed E-state index contributed by atoms with van der Waals surface area (Å²) < 4.78 is 25.8. The molecule has 0 rings (SSSR count). The van der Waals surface area contributed by atoms with Gasteiger partial charge in [0, 0.05) is 19.2 Å². The molecule has 104 valence electrons. The van der Waals surface area contributed by atoms with Gasteiger partial charge in [-0.15, -0.1) is 0 Å². The molecule has 1 N–H and O–H groups in total. The van der Waals surface area contributed by atoms with Gasteiger partial charge in [0.05, 0.1) is 5.75 Å². The Balaban J connectivity index is 4.35. The highest BCUT2D eigenvalue weighted by Crippen LogP contribution is 2.12. The Morgan fingerprint density at radius 2 is 1.76 bits per heavy atom. The van der Waals surface area contributed by atoms with E-state index in [2.05, 4.69) is 6.92 Å². The second-order valence-electron chi connectivity index (χ2n) is 4.66. The van der Waals surface area contributed by atoms with Crippen molar-refractivity contribution in [1.82, 2.24) is 4.31 Å². The van der Waals surface area contributed by atoms with Gasteiger partial charge in [-0.3, -0.25) is 0 Å². The van der Waals surface area contributed by atoms with E-state index < -0.39 is 10.0 Å². The molecular weight excluding hydrogens is 238 g/mol. The number of hydrogen-bond donors (Lipinski definition) is 1. The van der Waals surface area contributed by atoms with Crippen LogP contribution in [0.2, 0.25) is 0 Å². The molecule has 17 heavy (non-hydrogen) atoms. The highest BCUT2D eigenvalue weighted by Gasteiger charge is 2.23. The zero-order chi connectivity index (χ0) is 13.3. The van der Waals surface area contributed by atoms with E-state index in [-0.39, 0.29) is 18.4 Å². The molecule has 0 aliphatic rings.